The molecule has 2 N–H and O–H groups in total. The molecule has 4 nitrogen and oxygen atoms in total. The minimum atomic E-state index is -0.804. The molecule has 15 heavy (non-hydrogen) atoms. The monoisotopic (exact) mass is 298 g/mol. The Balaban J connectivity index is 0.00000196. The molecule has 0 unspecified atom stereocenters. The lowest BCUT2D eigenvalue weighted by atomic mass is 10.1. The van der Waals surface area contributed by atoms with E-state index in [1.54, 1.807) is 6.07 Å². The van der Waals surface area contributed by atoms with E-state index in [1.807, 2.05) is 0 Å². The van der Waals surface area contributed by atoms with Crippen molar-refractivity contribution in [3.05, 3.63) is 38.3 Å². The number of nitrogens with zero attached hydrogens (tertiary/aromatic N) is 1. The summed E-state index contributed by atoms with van der Waals surface area (Å²) in [5.41, 5.74) is 5.71. The molecule has 1 atom stereocenters. The van der Waals surface area contributed by atoms with Crippen molar-refractivity contribution in [3.63, 3.8) is 0 Å². The van der Waals surface area contributed by atoms with Gasteiger partial charge in [-0.3, -0.25) is 10.1 Å². The fourth-order valence-electron chi connectivity index (χ4n) is 0.989. The van der Waals surface area contributed by atoms with E-state index in [9.17, 15) is 14.5 Å². The molecule has 0 aliphatic carbocycles. The van der Waals surface area contributed by atoms with Gasteiger partial charge >= 0.3 is 0 Å². The SMILES string of the molecule is Cl.N[C@@H](CF)c1ccc(Br)c([N+](=O)[O-])c1. The molecule has 0 spiro atoms. The summed E-state index contributed by atoms with van der Waals surface area (Å²) in [6, 6.07) is 3.51. The molecule has 0 aliphatic rings. The smallest absolute Gasteiger partial charge is 0.283 e. The first kappa shape index (κ1) is 14.3. The van der Waals surface area contributed by atoms with Crippen molar-refractivity contribution in [2.45, 2.75) is 6.04 Å². The third-order valence-electron chi connectivity index (χ3n) is 1.76. The molecule has 0 saturated heterocycles. The molecule has 84 valence electrons. The van der Waals surface area contributed by atoms with Crippen LogP contribution in [-0.2, 0) is 0 Å². The number of alkyl halides is 1. The molecular weight excluding hydrogens is 290 g/mol. The maximum absolute atomic E-state index is 12.2. The number of rotatable bonds is 3. The Morgan fingerprint density at radius 2 is 2.20 bits per heavy atom. The Morgan fingerprint density at radius 1 is 1.60 bits per heavy atom. The maximum atomic E-state index is 12.2. The van der Waals surface area contributed by atoms with Crippen molar-refractivity contribution in [2.24, 2.45) is 5.73 Å². The van der Waals surface area contributed by atoms with Crippen molar-refractivity contribution in [1.82, 2.24) is 0 Å². The first-order valence-corrected chi connectivity index (χ1v) is 4.61. The number of hydrogen-bond donors (Lipinski definition) is 1. The van der Waals surface area contributed by atoms with Gasteiger partial charge in [0, 0.05) is 6.07 Å². The molecule has 0 aromatic heterocycles. The second-order valence-electron chi connectivity index (χ2n) is 2.73. The lowest BCUT2D eigenvalue weighted by Gasteiger charge is -2.07. The van der Waals surface area contributed by atoms with Crippen LogP contribution in [0.3, 0.4) is 0 Å². The second kappa shape index (κ2) is 5.99. The van der Waals surface area contributed by atoms with Crippen molar-refractivity contribution in [2.75, 3.05) is 6.67 Å². The third-order valence-corrected chi connectivity index (χ3v) is 2.43. The van der Waals surface area contributed by atoms with E-state index in [4.69, 9.17) is 5.73 Å². The van der Waals surface area contributed by atoms with E-state index >= 15 is 0 Å². The van der Waals surface area contributed by atoms with Crippen LogP contribution >= 0.6 is 28.3 Å². The lowest BCUT2D eigenvalue weighted by molar-refractivity contribution is -0.385. The highest BCUT2D eigenvalue weighted by molar-refractivity contribution is 9.10. The number of nitro groups is 1. The average Bonchev–Trinajstić information content (AvgIpc) is 2.17. The fourth-order valence-corrected chi connectivity index (χ4v) is 1.38. The molecule has 7 heteroatoms. The molecule has 0 fully saturated rings. The summed E-state index contributed by atoms with van der Waals surface area (Å²) in [7, 11) is 0. The highest BCUT2D eigenvalue weighted by Crippen LogP contribution is 2.27. The van der Waals surface area contributed by atoms with E-state index in [-0.39, 0.29) is 18.1 Å². The number of benzene rings is 1. The van der Waals surface area contributed by atoms with Crippen LogP contribution in [0.25, 0.3) is 0 Å². The Bertz CT molecular complexity index is 364. The molecule has 1 rings (SSSR count). The number of halogens is 3. The Kier molecular flexibility index (Phi) is 5.71. The quantitative estimate of drug-likeness (QED) is 0.689. The first-order chi connectivity index (χ1) is 6.56. The fraction of sp³-hybridized carbons (Fsp3) is 0.250. The Morgan fingerprint density at radius 3 is 2.67 bits per heavy atom. The summed E-state index contributed by atoms with van der Waals surface area (Å²) in [6.45, 7) is -0.737. The summed E-state index contributed by atoms with van der Waals surface area (Å²) in [5, 5.41) is 10.5. The zero-order valence-electron chi connectivity index (χ0n) is 7.52. The van der Waals surface area contributed by atoms with Gasteiger partial charge in [-0.2, -0.15) is 0 Å². The number of nitro benzene ring substituents is 1. The molecule has 0 amide bonds. The van der Waals surface area contributed by atoms with Crippen molar-refractivity contribution in [1.29, 1.82) is 0 Å². The van der Waals surface area contributed by atoms with Crippen molar-refractivity contribution in [3.8, 4) is 0 Å². The molecule has 0 saturated carbocycles. The topological polar surface area (TPSA) is 69.2 Å². The average molecular weight is 300 g/mol. The Hall–Kier alpha value is -0.720. The van der Waals surface area contributed by atoms with Crippen LogP contribution in [0.1, 0.15) is 11.6 Å². The molecule has 0 aliphatic heterocycles. The minimum absolute atomic E-state index is 0. The van der Waals surface area contributed by atoms with Gasteiger partial charge in [-0.25, -0.2) is 4.39 Å². The van der Waals surface area contributed by atoms with Crippen LogP contribution in [-0.4, -0.2) is 11.6 Å². The van der Waals surface area contributed by atoms with E-state index in [0.29, 0.717) is 10.0 Å². The van der Waals surface area contributed by atoms with Crippen LogP contribution in [0, 0.1) is 10.1 Å². The molecular formula is C8H9BrClFN2O2. The lowest BCUT2D eigenvalue weighted by Crippen LogP contribution is -2.12. The third kappa shape index (κ3) is 3.40. The summed E-state index contributed by atoms with van der Waals surface area (Å²) in [4.78, 5) is 9.98. The van der Waals surface area contributed by atoms with E-state index < -0.39 is 17.6 Å². The molecule has 1 aromatic carbocycles. The van der Waals surface area contributed by atoms with Gasteiger partial charge in [0.2, 0.25) is 0 Å². The molecule has 0 heterocycles. The highest BCUT2D eigenvalue weighted by atomic mass is 79.9. The molecule has 0 bridgehead atoms. The second-order valence-corrected chi connectivity index (χ2v) is 3.58. The number of hydrogen-bond acceptors (Lipinski definition) is 3. The Labute approximate surface area is 100 Å². The van der Waals surface area contributed by atoms with Gasteiger partial charge in [0.05, 0.1) is 15.4 Å². The van der Waals surface area contributed by atoms with Crippen LogP contribution in [0.4, 0.5) is 10.1 Å². The predicted octanol–water partition coefficient (Wildman–Crippen LogP) is 2.75. The predicted molar refractivity (Wildman–Crippen MR) is 60.9 cm³/mol. The standard InChI is InChI=1S/C8H8BrFN2O2.ClH/c9-6-2-1-5(7(11)4-10)3-8(6)12(13)14;/h1-3,7H,4,11H2;1H/t7-;/m0./s1. The van der Waals surface area contributed by atoms with Crippen LogP contribution in [0.5, 0.6) is 0 Å². The maximum Gasteiger partial charge on any atom is 0.283 e. The van der Waals surface area contributed by atoms with Gasteiger partial charge in [-0.1, -0.05) is 6.07 Å². The van der Waals surface area contributed by atoms with Crippen LogP contribution in [0.15, 0.2) is 22.7 Å². The summed E-state index contributed by atoms with van der Waals surface area (Å²) >= 11 is 3.03. The van der Waals surface area contributed by atoms with E-state index in [0.717, 1.165) is 0 Å². The highest BCUT2D eigenvalue weighted by Gasteiger charge is 2.15. The van der Waals surface area contributed by atoms with E-state index in [1.165, 1.54) is 12.1 Å². The number of nitrogens with two attached hydrogens (primary N) is 1. The largest absolute Gasteiger partial charge is 0.322 e. The van der Waals surface area contributed by atoms with Crippen LogP contribution < -0.4 is 5.73 Å². The van der Waals surface area contributed by atoms with Crippen molar-refractivity contribution >= 4 is 34.0 Å². The zero-order valence-corrected chi connectivity index (χ0v) is 9.92. The zero-order chi connectivity index (χ0) is 10.7. The first-order valence-electron chi connectivity index (χ1n) is 3.81. The van der Waals surface area contributed by atoms with Gasteiger partial charge < -0.3 is 5.73 Å². The van der Waals surface area contributed by atoms with Crippen molar-refractivity contribution < 1.29 is 9.31 Å². The molecule has 0 radical (unpaired) electrons. The summed E-state index contributed by atoms with van der Waals surface area (Å²) < 4.78 is 12.6. The van der Waals surface area contributed by atoms with Gasteiger partial charge in [0.15, 0.2) is 0 Å². The van der Waals surface area contributed by atoms with E-state index in [2.05, 4.69) is 15.9 Å². The minimum Gasteiger partial charge on any atom is -0.322 e. The molecule has 1 aromatic rings. The summed E-state index contributed by atoms with van der Waals surface area (Å²) in [6.07, 6.45) is 0. The van der Waals surface area contributed by atoms with Gasteiger partial charge in [0.1, 0.15) is 6.67 Å². The normalized spacial score (nSPS) is 11.7. The van der Waals surface area contributed by atoms with Gasteiger partial charge in [-0.05, 0) is 27.6 Å². The summed E-state index contributed by atoms with van der Waals surface area (Å²) in [5.74, 6) is 0. The van der Waals surface area contributed by atoms with Gasteiger partial charge in [0.25, 0.3) is 5.69 Å². The van der Waals surface area contributed by atoms with Gasteiger partial charge in [-0.15, -0.1) is 12.4 Å². The van der Waals surface area contributed by atoms with Crippen LogP contribution in [0.2, 0.25) is 0 Å².